The van der Waals surface area contributed by atoms with Crippen molar-refractivity contribution in [2.75, 3.05) is 11.6 Å². The molecule has 1 aromatic carbocycles. The van der Waals surface area contributed by atoms with Crippen LogP contribution in [0.15, 0.2) is 36.6 Å². The summed E-state index contributed by atoms with van der Waals surface area (Å²) < 4.78 is 0. The lowest BCUT2D eigenvalue weighted by molar-refractivity contribution is 0.246. The van der Waals surface area contributed by atoms with Crippen molar-refractivity contribution in [3.05, 3.63) is 41.6 Å². The Hall–Kier alpha value is -1.59. The number of benzene rings is 1. The van der Waals surface area contributed by atoms with E-state index in [1.165, 1.54) is 11.3 Å². The number of anilines is 1. The third-order valence-corrected chi connectivity index (χ3v) is 3.58. The van der Waals surface area contributed by atoms with Crippen LogP contribution in [0.25, 0.3) is 10.6 Å². The molecular formula is C11H8ClN3OS. The van der Waals surface area contributed by atoms with E-state index in [1.807, 2.05) is 30.3 Å². The summed E-state index contributed by atoms with van der Waals surface area (Å²) in [6.45, 7) is 0.692. The van der Waals surface area contributed by atoms with Gasteiger partial charge in [0.15, 0.2) is 5.01 Å². The molecule has 4 nitrogen and oxygen atoms in total. The second-order valence-corrected chi connectivity index (χ2v) is 4.77. The highest BCUT2D eigenvalue weighted by atomic mass is 35.5. The number of halogens is 1. The number of aromatic nitrogens is 2. The molecule has 86 valence electrons. The summed E-state index contributed by atoms with van der Waals surface area (Å²) in [5.74, 6) is 0. The van der Waals surface area contributed by atoms with E-state index in [2.05, 4.69) is 10.2 Å². The summed E-state index contributed by atoms with van der Waals surface area (Å²) in [6.07, 6.45) is 3.55. The van der Waals surface area contributed by atoms with Gasteiger partial charge in [0.25, 0.3) is 0 Å². The van der Waals surface area contributed by atoms with E-state index in [-0.39, 0.29) is 0 Å². The molecular weight excluding hydrogens is 258 g/mol. The van der Waals surface area contributed by atoms with Gasteiger partial charge in [0, 0.05) is 5.56 Å². The van der Waals surface area contributed by atoms with Crippen LogP contribution in [-0.2, 0) is 4.84 Å². The molecule has 0 fully saturated rings. The molecule has 0 aliphatic carbocycles. The van der Waals surface area contributed by atoms with Crippen molar-refractivity contribution in [3.8, 4) is 10.6 Å². The predicted octanol–water partition coefficient (Wildman–Crippen LogP) is 3.12. The van der Waals surface area contributed by atoms with Crippen molar-refractivity contribution in [2.45, 2.75) is 0 Å². The van der Waals surface area contributed by atoms with Gasteiger partial charge < -0.3 is 4.84 Å². The third-order valence-electron chi connectivity index (χ3n) is 2.29. The summed E-state index contributed by atoms with van der Waals surface area (Å²) in [5.41, 5.74) is 0.894. The second kappa shape index (κ2) is 4.35. The molecule has 0 bridgehead atoms. The first kappa shape index (κ1) is 10.6. The average molecular weight is 266 g/mol. The van der Waals surface area contributed by atoms with Crippen LogP contribution < -0.4 is 5.06 Å². The van der Waals surface area contributed by atoms with Gasteiger partial charge in [0.2, 0.25) is 5.13 Å². The lowest BCUT2D eigenvalue weighted by atomic mass is 10.2. The van der Waals surface area contributed by atoms with E-state index in [9.17, 15) is 0 Å². The monoisotopic (exact) mass is 265 g/mol. The van der Waals surface area contributed by atoms with Gasteiger partial charge in [-0.25, -0.2) is 0 Å². The molecule has 3 rings (SSSR count). The molecule has 0 N–H and O–H groups in total. The third kappa shape index (κ3) is 1.99. The Bertz CT molecular complexity index is 561. The number of rotatable bonds is 2. The summed E-state index contributed by atoms with van der Waals surface area (Å²) in [4.78, 5) is 5.25. The van der Waals surface area contributed by atoms with Gasteiger partial charge in [-0.05, 0) is 12.1 Å². The highest BCUT2D eigenvalue weighted by molar-refractivity contribution is 7.18. The quantitative estimate of drug-likeness (QED) is 0.836. The van der Waals surface area contributed by atoms with Crippen molar-refractivity contribution < 1.29 is 4.84 Å². The SMILES string of the molecule is Clc1ccccc1-c1nnc(N2CC=CO2)s1. The van der Waals surface area contributed by atoms with Crippen molar-refractivity contribution in [1.82, 2.24) is 10.2 Å². The Morgan fingerprint density at radius 3 is 2.94 bits per heavy atom. The lowest BCUT2D eigenvalue weighted by Gasteiger charge is -2.10. The number of nitrogens with zero attached hydrogens (tertiary/aromatic N) is 3. The van der Waals surface area contributed by atoms with Crippen molar-refractivity contribution in [3.63, 3.8) is 0 Å². The van der Waals surface area contributed by atoms with Gasteiger partial charge in [-0.3, -0.25) is 0 Å². The molecule has 1 aliphatic rings. The molecule has 0 radical (unpaired) electrons. The molecule has 0 unspecified atom stereocenters. The summed E-state index contributed by atoms with van der Waals surface area (Å²) >= 11 is 7.56. The minimum atomic E-state index is 0.677. The largest absolute Gasteiger partial charge is 0.385 e. The number of hydroxylamine groups is 1. The maximum Gasteiger partial charge on any atom is 0.241 e. The van der Waals surface area contributed by atoms with Crippen molar-refractivity contribution in [2.24, 2.45) is 0 Å². The van der Waals surface area contributed by atoms with Gasteiger partial charge >= 0.3 is 0 Å². The number of hydrogen-bond donors (Lipinski definition) is 0. The van der Waals surface area contributed by atoms with Crippen LogP contribution in [-0.4, -0.2) is 16.7 Å². The minimum absolute atomic E-state index is 0.677. The maximum absolute atomic E-state index is 6.11. The topological polar surface area (TPSA) is 38.2 Å². The van der Waals surface area contributed by atoms with E-state index in [0.717, 1.165) is 15.7 Å². The fourth-order valence-electron chi connectivity index (χ4n) is 1.48. The zero-order valence-electron chi connectivity index (χ0n) is 8.71. The molecule has 2 aromatic rings. The summed E-state index contributed by atoms with van der Waals surface area (Å²) in [7, 11) is 0. The zero-order chi connectivity index (χ0) is 11.7. The van der Waals surface area contributed by atoms with Crippen LogP contribution in [0.5, 0.6) is 0 Å². The van der Waals surface area contributed by atoms with Crippen LogP contribution in [0.1, 0.15) is 0 Å². The fraction of sp³-hybridized carbons (Fsp3) is 0.0909. The molecule has 2 heterocycles. The average Bonchev–Trinajstić information content (AvgIpc) is 3.00. The first-order valence-corrected chi connectivity index (χ1v) is 6.22. The van der Waals surface area contributed by atoms with Crippen LogP contribution >= 0.6 is 22.9 Å². The number of hydrogen-bond acceptors (Lipinski definition) is 5. The molecule has 0 saturated heterocycles. The van der Waals surface area contributed by atoms with E-state index < -0.39 is 0 Å². The molecule has 1 aliphatic heterocycles. The first-order chi connectivity index (χ1) is 8.34. The fourth-order valence-corrected chi connectivity index (χ4v) is 2.61. The van der Waals surface area contributed by atoms with Crippen molar-refractivity contribution >= 4 is 28.1 Å². The molecule has 17 heavy (non-hydrogen) atoms. The Morgan fingerprint density at radius 1 is 1.29 bits per heavy atom. The highest BCUT2D eigenvalue weighted by Crippen LogP contribution is 2.33. The van der Waals surface area contributed by atoms with E-state index in [4.69, 9.17) is 16.4 Å². The summed E-state index contributed by atoms with van der Waals surface area (Å²) in [6, 6.07) is 7.58. The van der Waals surface area contributed by atoms with Crippen molar-refractivity contribution in [1.29, 1.82) is 0 Å². The molecule has 0 saturated carbocycles. The molecule has 0 amide bonds. The lowest BCUT2D eigenvalue weighted by Crippen LogP contribution is -2.15. The maximum atomic E-state index is 6.11. The molecule has 6 heteroatoms. The molecule has 0 atom stereocenters. The summed E-state index contributed by atoms with van der Waals surface area (Å²) in [5, 5.41) is 12.1. The Labute approximate surface area is 107 Å². The van der Waals surface area contributed by atoms with E-state index >= 15 is 0 Å². The minimum Gasteiger partial charge on any atom is -0.385 e. The second-order valence-electron chi connectivity index (χ2n) is 3.41. The highest BCUT2D eigenvalue weighted by Gasteiger charge is 2.16. The van der Waals surface area contributed by atoms with Gasteiger partial charge in [-0.2, -0.15) is 5.06 Å². The van der Waals surface area contributed by atoms with E-state index in [1.54, 1.807) is 11.3 Å². The van der Waals surface area contributed by atoms with Crippen LogP contribution in [0.2, 0.25) is 5.02 Å². The van der Waals surface area contributed by atoms with E-state index in [0.29, 0.717) is 11.6 Å². The van der Waals surface area contributed by atoms with Gasteiger partial charge in [-0.15, -0.1) is 10.2 Å². The normalized spacial score (nSPS) is 14.1. The van der Waals surface area contributed by atoms with Gasteiger partial charge in [0.05, 0.1) is 11.6 Å². The Balaban J connectivity index is 1.92. The van der Waals surface area contributed by atoms with Gasteiger partial charge in [0.1, 0.15) is 6.26 Å². The Morgan fingerprint density at radius 2 is 2.18 bits per heavy atom. The molecule has 1 aromatic heterocycles. The van der Waals surface area contributed by atoms with Crippen LogP contribution in [0.4, 0.5) is 5.13 Å². The van der Waals surface area contributed by atoms with Gasteiger partial charge in [-0.1, -0.05) is 41.1 Å². The predicted molar refractivity (Wildman–Crippen MR) is 67.9 cm³/mol. The Kier molecular flexibility index (Phi) is 2.70. The zero-order valence-corrected chi connectivity index (χ0v) is 10.3. The molecule has 0 spiro atoms. The standard InChI is InChI=1S/C11H8ClN3OS/c12-9-5-2-1-4-8(9)10-13-14-11(17-10)15-6-3-7-16-15/h1-5,7H,6H2. The smallest absolute Gasteiger partial charge is 0.241 e. The first-order valence-electron chi connectivity index (χ1n) is 5.02. The van der Waals surface area contributed by atoms with Crippen LogP contribution in [0, 0.1) is 0 Å². The van der Waals surface area contributed by atoms with Crippen LogP contribution in [0.3, 0.4) is 0 Å².